The largest absolute Gasteiger partial charge is 0.337 e. The molecule has 0 aliphatic carbocycles. The van der Waals surface area contributed by atoms with E-state index in [0.717, 1.165) is 21.9 Å². The lowest BCUT2D eigenvalue weighted by Gasteiger charge is -2.30. The number of hydrazine groups is 1. The van der Waals surface area contributed by atoms with Gasteiger partial charge in [-0.2, -0.15) is 0 Å². The number of fused-ring (bicyclic) bond motifs is 1. The summed E-state index contributed by atoms with van der Waals surface area (Å²) in [5, 5.41) is 6.12. The average molecular weight is 530 g/mol. The topological polar surface area (TPSA) is 108 Å². The van der Waals surface area contributed by atoms with Gasteiger partial charge in [0, 0.05) is 25.6 Å². The standard InChI is InChI=1S/C31H39N5O3/c1-5-33-30(39)36(22-23-12-7-6-8-13-23)34-29(38)27(35(4)28(37)16-11-19-31(2,3)32)21-24-17-18-25-14-9-10-15-26(25)20-24/h6-18,20,27H,5,19,21-22,32H2,1-4H3,(H,33,39)(H,34,38)/b16-11+. The van der Waals surface area contributed by atoms with Crippen molar-refractivity contribution in [2.45, 2.75) is 51.7 Å². The van der Waals surface area contributed by atoms with E-state index in [-0.39, 0.29) is 18.9 Å². The van der Waals surface area contributed by atoms with Crippen LogP contribution in [0.5, 0.6) is 0 Å². The summed E-state index contributed by atoms with van der Waals surface area (Å²) >= 11 is 0. The van der Waals surface area contributed by atoms with Crippen LogP contribution in [0.4, 0.5) is 4.79 Å². The molecule has 4 N–H and O–H groups in total. The van der Waals surface area contributed by atoms with Crippen molar-refractivity contribution in [1.29, 1.82) is 0 Å². The van der Waals surface area contributed by atoms with Crippen LogP contribution in [0, 0.1) is 0 Å². The zero-order valence-corrected chi connectivity index (χ0v) is 23.2. The lowest BCUT2D eigenvalue weighted by atomic mass is 10.00. The van der Waals surface area contributed by atoms with Gasteiger partial charge in [0.15, 0.2) is 0 Å². The van der Waals surface area contributed by atoms with Gasteiger partial charge >= 0.3 is 6.03 Å². The number of hydrogen-bond acceptors (Lipinski definition) is 4. The number of rotatable bonds is 10. The number of nitrogens with zero attached hydrogens (tertiary/aromatic N) is 2. The second-order valence-corrected chi connectivity index (χ2v) is 10.3. The minimum absolute atomic E-state index is 0.171. The molecule has 1 atom stereocenters. The fraction of sp³-hybridized carbons (Fsp3) is 0.323. The van der Waals surface area contributed by atoms with E-state index in [4.69, 9.17) is 5.73 Å². The van der Waals surface area contributed by atoms with Gasteiger partial charge < -0.3 is 16.0 Å². The maximum atomic E-state index is 13.7. The van der Waals surface area contributed by atoms with Crippen molar-refractivity contribution in [2.75, 3.05) is 13.6 Å². The molecule has 0 saturated carbocycles. The van der Waals surface area contributed by atoms with Gasteiger partial charge in [0.1, 0.15) is 6.04 Å². The van der Waals surface area contributed by atoms with Gasteiger partial charge in [0.2, 0.25) is 5.91 Å². The molecule has 3 rings (SSSR count). The third-order valence-corrected chi connectivity index (χ3v) is 6.27. The van der Waals surface area contributed by atoms with E-state index in [0.29, 0.717) is 13.0 Å². The van der Waals surface area contributed by atoms with E-state index >= 15 is 0 Å². The Morgan fingerprint density at radius 1 is 0.949 bits per heavy atom. The third kappa shape index (κ3) is 8.97. The van der Waals surface area contributed by atoms with Gasteiger partial charge in [-0.05, 0) is 55.2 Å². The van der Waals surface area contributed by atoms with Crippen molar-refractivity contribution in [3.05, 3.63) is 96.1 Å². The van der Waals surface area contributed by atoms with Gasteiger partial charge in [0.05, 0.1) is 6.54 Å². The number of carbonyl (C=O) groups is 3. The Labute approximate surface area is 230 Å². The lowest BCUT2D eigenvalue weighted by molar-refractivity contribution is -0.138. The predicted octanol–water partition coefficient (Wildman–Crippen LogP) is 4.16. The first-order valence-electron chi connectivity index (χ1n) is 13.2. The molecule has 0 aliphatic heterocycles. The monoisotopic (exact) mass is 529 g/mol. The SMILES string of the molecule is CCNC(=O)N(Cc1ccccc1)NC(=O)C(Cc1ccc2ccccc2c1)N(C)C(=O)/C=C/CC(C)(C)N. The second kappa shape index (κ2) is 13.6. The number of benzene rings is 3. The average Bonchev–Trinajstić information content (AvgIpc) is 2.90. The molecular weight excluding hydrogens is 490 g/mol. The Balaban J connectivity index is 1.88. The van der Waals surface area contributed by atoms with Gasteiger partial charge in [-0.15, -0.1) is 0 Å². The second-order valence-electron chi connectivity index (χ2n) is 10.3. The summed E-state index contributed by atoms with van der Waals surface area (Å²) in [5.74, 6) is -0.790. The molecule has 0 aromatic heterocycles. The Bertz CT molecular complexity index is 1300. The third-order valence-electron chi connectivity index (χ3n) is 6.27. The highest BCUT2D eigenvalue weighted by Gasteiger charge is 2.29. The van der Waals surface area contributed by atoms with Crippen LogP contribution in [0.2, 0.25) is 0 Å². The zero-order chi connectivity index (χ0) is 28.4. The van der Waals surface area contributed by atoms with Crippen molar-refractivity contribution < 1.29 is 14.4 Å². The smallest absolute Gasteiger partial charge is 0.336 e. The molecular formula is C31H39N5O3. The highest BCUT2D eigenvalue weighted by molar-refractivity contribution is 5.93. The predicted molar refractivity (Wildman–Crippen MR) is 155 cm³/mol. The Morgan fingerprint density at radius 2 is 1.62 bits per heavy atom. The van der Waals surface area contributed by atoms with Crippen LogP contribution in [-0.4, -0.2) is 52.9 Å². The number of likely N-dealkylation sites (N-methyl/N-ethyl adjacent to an activating group) is 1. The number of nitrogens with one attached hydrogen (secondary N) is 2. The normalized spacial score (nSPS) is 12.2. The molecule has 0 bridgehead atoms. The van der Waals surface area contributed by atoms with Gasteiger partial charge in [-0.3, -0.25) is 15.0 Å². The zero-order valence-electron chi connectivity index (χ0n) is 23.2. The van der Waals surface area contributed by atoms with Crippen LogP contribution in [0.3, 0.4) is 0 Å². The molecule has 4 amide bonds. The quantitative estimate of drug-likeness (QED) is 0.271. The molecule has 0 aliphatic rings. The number of hydrogen-bond donors (Lipinski definition) is 3. The number of amides is 4. The van der Waals surface area contributed by atoms with Crippen LogP contribution in [-0.2, 0) is 22.6 Å². The van der Waals surface area contributed by atoms with E-state index in [9.17, 15) is 14.4 Å². The highest BCUT2D eigenvalue weighted by Crippen LogP contribution is 2.18. The minimum Gasteiger partial charge on any atom is -0.337 e. The minimum atomic E-state index is -0.873. The van der Waals surface area contributed by atoms with E-state index < -0.39 is 23.5 Å². The molecule has 0 heterocycles. The molecule has 8 heteroatoms. The first-order valence-corrected chi connectivity index (χ1v) is 13.2. The van der Waals surface area contributed by atoms with Crippen molar-refractivity contribution >= 4 is 28.6 Å². The molecule has 1 unspecified atom stereocenters. The number of urea groups is 1. The fourth-order valence-electron chi connectivity index (χ4n) is 4.11. The summed E-state index contributed by atoms with van der Waals surface area (Å²) in [4.78, 5) is 41.1. The van der Waals surface area contributed by atoms with Gasteiger partial charge in [-0.25, -0.2) is 9.80 Å². The molecule has 39 heavy (non-hydrogen) atoms. The van der Waals surface area contributed by atoms with E-state index in [1.165, 1.54) is 16.0 Å². The van der Waals surface area contributed by atoms with Crippen molar-refractivity contribution in [3.63, 3.8) is 0 Å². The molecule has 8 nitrogen and oxygen atoms in total. The number of carbonyl (C=O) groups excluding carboxylic acids is 3. The number of nitrogens with two attached hydrogens (primary N) is 1. The Kier molecular flexibility index (Phi) is 10.2. The van der Waals surface area contributed by atoms with E-state index in [2.05, 4.69) is 10.7 Å². The summed E-state index contributed by atoms with van der Waals surface area (Å²) < 4.78 is 0. The maximum absolute atomic E-state index is 13.7. The highest BCUT2D eigenvalue weighted by atomic mass is 16.2. The summed E-state index contributed by atoms with van der Waals surface area (Å²) in [6.07, 6.45) is 3.95. The van der Waals surface area contributed by atoms with Crippen LogP contribution in [0.25, 0.3) is 10.8 Å². The first kappa shape index (κ1) is 29.4. The lowest BCUT2D eigenvalue weighted by Crippen LogP contribution is -2.56. The molecule has 0 radical (unpaired) electrons. The molecule has 0 fully saturated rings. The summed E-state index contributed by atoms with van der Waals surface area (Å²) in [5.41, 5.74) is 10.1. The maximum Gasteiger partial charge on any atom is 0.336 e. The molecule has 3 aromatic rings. The Hall–Kier alpha value is -4.17. The summed E-state index contributed by atoms with van der Waals surface area (Å²) in [7, 11) is 1.60. The van der Waals surface area contributed by atoms with Crippen molar-refractivity contribution in [1.82, 2.24) is 20.7 Å². The summed E-state index contributed by atoms with van der Waals surface area (Å²) in [6.45, 7) is 6.14. The fourth-order valence-corrected chi connectivity index (χ4v) is 4.11. The molecule has 0 spiro atoms. The Morgan fingerprint density at radius 3 is 2.28 bits per heavy atom. The molecule has 0 saturated heterocycles. The van der Waals surface area contributed by atoms with E-state index in [1.807, 2.05) is 93.6 Å². The van der Waals surface area contributed by atoms with Crippen molar-refractivity contribution in [3.8, 4) is 0 Å². The van der Waals surface area contributed by atoms with Crippen LogP contribution < -0.4 is 16.5 Å². The molecule has 206 valence electrons. The summed E-state index contributed by atoms with van der Waals surface area (Å²) in [6, 6.07) is 22.0. The van der Waals surface area contributed by atoms with Crippen LogP contribution in [0.15, 0.2) is 84.9 Å². The first-order chi connectivity index (χ1) is 18.6. The van der Waals surface area contributed by atoms with E-state index in [1.54, 1.807) is 13.1 Å². The van der Waals surface area contributed by atoms with Crippen molar-refractivity contribution in [2.24, 2.45) is 5.73 Å². The van der Waals surface area contributed by atoms with Crippen LogP contribution in [0.1, 0.15) is 38.3 Å². The van der Waals surface area contributed by atoms with Crippen LogP contribution >= 0.6 is 0 Å². The van der Waals surface area contributed by atoms with Gasteiger partial charge in [0.25, 0.3) is 5.91 Å². The van der Waals surface area contributed by atoms with Gasteiger partial charge in [-0.1, -0.05) is 78.9 Å². The molecule has 3 aromatic carbocycles.